The number of halogens is 2. The van der Waals surface area contributed by atoms with Crippen molar-refractivity contribution in [2.24, 2.45) is 0 Å². The molecule has 92 valence electrons. The van der Waals surface area contributed by atoms with Crippen molar-refractivity contribution < 1.29 is 14.3 Å². The van der Waals surface area contributed by atoms with Gasteiger partial charge in [0.1, 0.15) is 16.8 Å². The topological polar surface area (TPSA) is 62.2 Å². The molecule has 0 aliphatic rings. The fourth-order valence-electron chi connectivity index (χ4n) is 1.38. The Kier molecular flexibility index (Phi) is 3.43. The molecule has 0 amide bonds. The van der Waals surface area contributed by atoms with Crippen LogP contribution in [0.5, 0.6) is 0 Å². The van der Waals surface area contributed by atoms with Crippen LogP contribution in [0.3, 0.4) is 0 Å². The molecule has 2 aromatic rings. The van der Waals surface area contributed by atoms with Crippen molar-refractivity contribution in [3.05, 3.63) is 52.9 Å². The first-order valence-corrected chi connectivity index (χ1v) is 5.36. The minimum atomic E-state index is -1.13. The number of pyridine rings is 1. The van der Waals surface area contributed by atoms with E-state index >= 15 is 0 Å². The van der Waals surface area contributed by atoms with Gasteiger partial charge in [-0.15, -0.1) is 0 Å². The fraction of sp³-hybridized carbons (Fsp3) is 0. The van der Waals surface area contributed by atoms with Gasteiger partial charge in [0.15, 0.2) is 0 Å². The van der Waals surface area contributed by atoms with Gasteiger partial charge in [0.2, 0.25) is 0 Å². The zero-order chi connectivity index (χ0) is 13.1. The fourth-order valence-corrected chi connectivity index (χ4v) is 1.59. The van der Waals surface area contributed by atoms with Gasteiger partial charge in [0.25, 0.3) is 0 Å². The monoisotopic (exact) mass is 266 g/mol. The van der Waals surface area contributed by atoms with Crippen molar-refractivity contribution in [2.75, 3.05) is 5.32 Å². The Hall–Kier alpha value is -2.14. The third-order valence-electron chi connectivity index (χ3n) is 2.18. The minimum absolute atomic E-state index is 0.0196. The Morgan fingerprint density at radius 1 is 1.33 bits per heavy atom. The lowest BCUT2D eigenvalue weighted by Crippen LogP contribution is -2.01. The molecule has 0 saturated carbocycles. The van der Waals surface area contributed by atoms with Crippen molar-refractivity contribution in [3.8, 4) is 0 Å². The lowest BCUT2D eigenvalue weighted by atomic mass is 10.2. The SMILES string of the molecule is O=C(O)c1cc(Cl)nc(Nc2ccccc2F)c1. The first-order chi connectivity index (χ1) is 8.56. The first-order valence-electron chi connectivity index (χ1n) is 4.98. The highest BCUT2D eigenvalue weighted by Crippen LogP contribution is 2.21. The molecule has 0 aliphatic carbocycles. The van der Waals surface area contributed by atoms with Gasteiger partial charge in [0.05, 0.1) is 11.3 Å². The molecule has 0 saturated heterocycles. The molecule has 1 aromatic carbocycles. The molecule has 1 heterocycles. The van der Waals surface area contributed by atoms with Gasteiger partial charge in [-0.3, -0.25) is 0 Å². The summed E-state index contributed by atoms with van der Waals surface area (Å²) in [6, 6.07) is 8.49. The highest BCUT2D eigenvalue weighted by atomic mass is 35.5. The molecule has 2 N–H and O–H groups in total. The van der Waals surface area contributed by atoms with Gasteiger partial charge in [-0.1, -0.05) is 23.7 Å². The summed E-state index contributed by atoms with van der Waals surface area (Å²) in [5.74, 6) is -1.42. The number of carbonyl (C=O) groups is 1. The standard InChI is InChI=1S/C12H8ClFN2O2/c13-10-5-7(12(17)18)6-11(16-10)15-9-4-2-1-3-8(9)14/h1-6H,(H,15,16)(H,17,18). The van der Waals surface area contributed by atoms with Crippen molar-refractivity contribution in [3.63, 3.8) is 0 Å². The van der Waals surface area contributed by atoms with Crippen molar-refractivity contribution >= 4 is 29.1 Å². The first kappa shape index (κ1) is 12.3. The molecular formula is C12H8ClFN2O2. The molecule has 18 heavy (non-hydrogen) atoms. The number of carboxylic acids is 1. The van der Waals surface area contributed by atoms with Gasteiger partial charge in [0, 0.05) is 0 Å². The Bertz CT molecular complexity index is 604. The smallest absolute Gasteiger partial charge is 0.335 e. The maximum atomic E-state index is 13.4. The summed E-state index contributed by atoms with van der Waals surface area (Å²) in [5, 5.41) is 11.6. The van der Waals surface area contributed by atoms with E-state index < -0.39 is 11.8 Å². The van der Waals surface area contributed by atoms with E-state index in [0.717, 1.165) is 0 Å². The van der Waals surface area contributed by atoms with E-state index in [0.29, 0.717) is 0 Å². The molecule has 6 heteroatoms. The normalized spacial score (nSPS) is 10.1. The summed E-state index contributed by atoms with van der Waals surface area (Å²) in [4.78, 5) is 14.7. The predicted octanol–water partition coefficient (Wildman–Crippen LogP) is 3.32. The van der Waals surface area contributed by atoms with Crippen LogP contribution in [0.4, 0.5) is 15.9 Å². The molecular weight excluding hydrogens is 259 g/mol. The number of aromatic carboxylic acids is 1. The van der Waals surface area contributed by atoms with Crippen molar-refractivity contribution in [1.82, 2.24) is 4.98 Å². The number of hydrogen-bond acceptors (Lipinski definition) is 3. The second kappa shape index (κ2) is 5.01. The van der Waals surface area contributed by atoms with Gasteiger partial charge < -0.3 is 10.4 Å². The molecule has 0 radical (unpaired) electrons. The highest BCUT2D eigenvalue weighted by molar-refractivity contribution is 6.29. The highest BCUT2D eigenvalue weighted by Gasteiger charge is 2.09. The van der Waals surface area contributed by atoms with Crippen LogP contribution in [0.1, 0.15) is 10.4 Å². The third kappa shape index (κ3) is 2.75. The Morgan fingerprint density at radius 3 is 2.72 bits per heavy atom. The molecule has 4 nitrogen and oxygen atoms in total. The summed E-state index contributed by atoms with van der Waals surface area (Å²) in [5.41, 5.74) is 0.178. The molecule has 2 rings (SSSR count). The van der Waals surface area contributed by atoms with Crippen LogP contribution in [0, 0.1) is 5.82 Å². The second-order valence-corrected chi connectivity index (χ2v) is 3.86. The molecule has 0 spiro atoms. The summed E-state index contributed by atoms with van der Waals surface area (Å²) >= 11 is 5.69. The van der Waals surface area contributed by atoms with Crippen LogP contribution >= 0.6 is 11.6 Å². The minimum Gasteiger partial charge on any atom is -0.478 e. The molecule has 0 fully saturated rings. The lowest BCUT2D eigenvalue weighted by Gasteiger charge is -2.07. The van der Waals surface area contributed by atoms with Crippen LogP contribution in [0.15, 0.2) is 36.4 Å². The number of para-hydroxylation sites is 1. The van der Waals surface area contributed by atoms with E-state index in [4.69, 9.17) is 16.7 Å². The van der Waals surface area contributed by atoms with Crippen LogP contribution in [-0.2, 0) is 0 Å². The lowest BCUT2D eigenvalue weighted by molar-refractivity contribution is 0.0697. The molecule has 1 aromatic heterocycles. The van der Waals surface area contributed by atoms with Crippen molar-refractivity contribution in [2.45, 2.75) is 0 Å². The number of hydrogen-bond donors (Lipinski definition) is 2. The molecule has 0 atom stereocenters. The number of nitrogens with one attached hydrogen (secondary N) is 1. The molecule has 0 aliphatic heterocycles. The second-order valence-electron chi connectivity index (χ2n) is 3.47. The van der Waals surface area contributed by atoms with E-state index in [1.807, 2.05) is 0 Å². The van der Waals surface area contributed by atoms with Crippen LogP contribution in [-0.4, -0.2) is 16.1 Å². The summed E-state index contributed by atoms with van der Waals surface area (Å²) in [7, 11) is 0. The van der Waals surface area contributed by atoms with E-state index in [2.05, 4.69) is 10.3 Å². The van der Waals surface area contributed by atoms with Crippen LogP contribution in [0.2, 0.25) is 5.15 Å². The zero-order valence-corrected chi connectivity index (χ0v) is 9.78. The number of anilines is 2. The summed E-state index contributed by atoms with van der Waals surface area (Å²) < 4.78 is 13.4. The van der Waals surface area contributed by atoms with E-state index in [1.165, 1.54) is 24.3 Å². The van der Waals surface area contributed by atoms with E-state index in [9.17, 15) is 9.18 Å². The Balaban J connectivity index is 2.35. The number of carboxylic acid groups (broad SMARTS) is 1. The number of rotatable bonds is 3. The summed E-state index contributed by atoms with van der Waals surface area (Å²) in [6.45, 7) is 0. The Labute approximate surface area is 107 Å². The maximum Gasteiger partial charge on any atom is 0.335 e. The quantitative estimate of drug-likeness (QED) is 0.837. The van der Waals surface area contributed by atoms with Gasteiger partial charge in [-0.2, -0.15) is 0 Å². The number of nitrogens with zero attached hydrogens (tertiary/aromatic N) is 1. The average molecular weight is 267 g/mol. The molecule has 0 unspecified atom stereocenters. The van der Waals surface area contributed by atoms with Crippen LogP contribution < -0.4 is 5.32 Å². The zero-order valence-electron chi connectivity index (χ0n) is 9.02. The molecule has 0 bridgehead atoms. The largest absolute Gasteiger partial charge is 0.478 e. The van der Waals surface area contributed by atoms with Crippen LogP contribution in [0.25, 0.3) is 0 Å². The van der Waals surface area contributed by atoms with Gasteiger partial charge in [-0.05, 0) is 24.3 Å². The third-order valence-corrected chi connectivity index (χ3v) is 2.37. The average Bonchev–Trinajstić information content (AvgIpc) is 2.31. The van der Waals surface area contributed by atoms with Gasteiger partial charge in [-0.25, -0.2) is 14.2 Å². The van der Waals surface area contributed by atoms with Gasteiger partial charge >= 0.3 is 5.97 Å². The number of benzene rings is 1. The maximum absolute atomic E-state index is 13.4. The van der Waals surface area contributed by atoms with E-state index in [-0.39, 0.29) is 22.2 Å². The predicted molar refractivity (Wildman–Crippen MR) is 65.9 cm³/mol. The van der Waals surface area contributed by atoms with Crippen molar-refractivity contribution in [1.29, 1.82) is 0 Å². The summed E-state index contributed by atoms with van der Waals surface area (Å²) in [6.07, 6.45) is 0. The number of aromatic nitrogens is 1. The van der Waals surface area contributed by atoms with E-state index in [1.54, 1.807) is 12.1 Å². The Morgan fingerprint density at radius 2 is 2.06 bits per heavy atom.